The number of hydrogen-bond donors (Lipinski definition) is 2. The first kappa shape index (κ1) is 33.9. The Bertz CT molecular complexity index is 1950. The van der Waals surface area contributed by atoms with Crippen LogP contribution in [-0.4, -0.2) is 57.7 Å². The van der Waals surface area contributed by atoms with Crippen molar-refractivity contribution in [2.24, 2.45) is 0 Å². The van der Waals surface area contributed by atoms with E-state index in [1.54, 1.807) is 18.2 Å². The van der Waals surface area contributed by atoms with Gasteiger partial charge in [0.15, 0.2) is 11.5 Å². The fourth-order valence-corrected chi connectivity index (χ4v) is 6.95. The van der Waals surface area contributed by atoms with Crippen molar-refractivity contribution in [2.75, 3.05) is 49.3 Å². The number of rotatable bonds is 13. The van der Waals surface area contributed by atoms with Crippen molar-refractivity contribution >= 4 is 43.0 Å². The molecule has 0 aliphatic rings. The molecule has 0 saturated heterocycles. The van der Waals surface area contributed by atoms with Crippen LogP contribution in [0.5, 0.6) is 23.0 Å². The van der Waals surface area contributed by atoms with E-state index >= 15 is 0 Å². The van der Waals surface area contributed by atoms with Crippen molar-refractivity contribution in [1.29, 1.82) is 0 Å². The molecule has 0 bridgehead atoms. The number of aryl methyl sites for hydroxylation is 2. The van der Waals surface area contributed by atoms with Crippen LogP contribution in [0.2, 0.25) is 0 Å². The summed E-state index contributed by atoms with van der Waals surface area (Å²) in [6, 6.07) is 19.3. The Labute approximate surface area is 269 Å². The Balaban J connectivity index is 1.63. The first-order valence-electron chi connectivity index (χ1n) is 13.8. The Kier molecular flexibility index (Phi) is 10.3. The average Bonchev–Trinajstić information content (AvgIpc) is 3.04. The maximum absolute atomic E-state index is 14.1. The predicted molar refractivity (Wildman–Crippen MR) is 175 cm³/mol. The average molecular weight is 670 g/mol. The van der Waals surface area contributed by atoms with Crippen molar-refractivity contribution in [1.82, 2.24) is 0 Å². The van der Waals surface area contributed by atoms with Crippen molar-refractivity contribution in [3.8, 4) is 23.0 Å². The molecule has 0 heterocycles. The molecule has 4 rings (SSSR count). The molecular weight excluding hydrogens is 634 g/mol. The first-order chi connectivity index (χ1) is 21.8. The van der Waals surface area contributed by atoms with E-state index in [2.05, 4.69) is 10.0 Å². The summed E-state index contributed by atoms with van der Waals surface area (Å²) in [6.45, 7) is 3.14. The molecule has 0 atom stereocenters. The Morgan fingerprint density at radius 2 is 1.26 bits per heavy atom. The smallest absolute Gasteiger partial charge is 0.265 e. The van der Waals surface area contributed by atoms with Gasteiger partial charge in [-0.05, 0) is 85.6 Å². The zero-order chi connectivity index (χ0) is 33.6. The Hall–Kier alpha value is -4.95. The number of sulfonamides is 2. The molecule has 244 valence electrons. The first-order valence-corrected chi connectivity index (χ1v) is 16.7. The maximum Gasteiger partial charge on any atom is 0.265 e. The SMILES string of the molecule is COc1ccc(OC)c(N(CC(=O)Nc2ccc(S(=O)(=O)Nc3ccc(C)c(C)c3)cc2)S(=O)(=O)c2ccc(OC)c(OC)c2)c1. The summed E-state index contributed by atoms with van der Waals surface area (Å²) in [5, 5.41) is 2.64. The van der Waals surface area contributed by atoms with Gasteiger partial charge in [-0.25, -0.2) is 16.8 Å². The summed E-state index contributed by atoms with van der Waals surface area (Å²) >= 11 is 0. The van der Waals surface area contributed by atoms with Gasteiger partial charge in [0.1, 0.15) is 18.0 Å². The molecule has 0 saturated carbocycles. The molecule has 12 nitrogen and oxygen atoms in total. The molecule has 0 fully saturated rings. The summed E-state index contributed by atoms with van der Waals surface area (Å²) in [5.74, 6) is 0.281. The van der Waals surface area contributed by atoms with Gasteiger partial charge in [0.25, 0.3) is 20.0 Å². The fraction of sp³-hybridized carbons (Fsp3) is 0.219. The molecule has 1 amide bonds. The highest BCUT2D eigenvalue weighted by molar-refractivity contribution is 7.93. The van der Waals surface area contributed by atoms with Crippen molar-refractivity contribution in [3.05, 3.63) is 90.0 Å². The van der Waals surface area contributed by atoms with Crippen LogP contribution in [0.15, 0.2) is 88.7 Å². The molecule has 0 spiro atoms. The molecule has 4 aromatic rings. The molecule has 4 aromatic carbocycles. The molecule has 0 aliphatic heterocycles. The third-order valence-corrected chi connectivity index (χ3v) is 10.2. The van der Waals surface area contributed by atoms with Gasteiger partial charge in [-0.1, -0.05) is 6.07 Å². The van der Waals surface area contributed by atoms with E-state index in [1.165, 1.54) is 83.0 Å². The minimum absolute atomic E-state index is 0.0255. The van der Waals surface area contributed by atoms with Crippen LogP contribution < -0.4 is 33.3 Å². The Morgan fingerprint density at radius 1 is 0.652 bits per heavy atom. The van der Waals surface area contributed by atoms with Gasteiger partial charge >= 0.3 is 0 Å². The standard InChI is InChI=1S/C32H35N3O9S2/c1-21-7-8-24(17-22(21)2)34-45(37,38)26-12-9-23(10-13-26)33-32(36)20-35(28-18-25(41-3)11-15-29(28)42-4)46(39,40)27-14-16-30(43-5)31(19-27)44-6/h7-19,34H,20H2,1-6H3,(H,33,36). The molecule has 14 heteroatoms. The van der Waals surface area contributed by atoms with Crippen LogP contribution in [0, 0.1) is 13.8 Å². The highest BCUT2D eigenvalue weighted by atomic mass is 32.2. The number of hydrogen-bond acceptors (Lipinski definition) is 9. The molecular formula is C32H35N3O9S2. The fourth-order valence-electron chi connectivity index (χ4n) is 4.46. The van der Waals surface area contributed by atoms with E-state index in [0.29, 0.717) is 17.2 Å². The minimum Gasteiger partial charge on any atom is -0.497 e. The lowest BCUT2D eigenvalue weighted by Crippen LogP contribution is -2.38. The maximum atomic E-state index is 14.1. The highest BCUT2D eigenvalue weighted by Crippen LogP contribution is 2.37. The number of nitrogens with one attached hydrogen (secondary N) is 2. The number of benzene rings is 4. The van der Waals surface area contributed by atoms with E-state index in [-0.39, 0.29) is 32.7 Å². The second-order valence-electron chi connectivity index (χ2n) is 10.0. The van der Waals surface area contributed by atoms with E-state index in [1.807, 2.05) is 19.9 Å². The summed E-state index contributed by atoms with van der Waals surface area (Å²) in [4.78, 5) is 13.2. The summed E-state index contributed by atoms with van der Waals surface area (Å²) in [7, 11) is -2.72. The van der Waals surface area contributed by atoms with Crippen LogP contribution in [0.1, 0.15) is 11.1 Å². The normalized spacial score (nSPS) is 11.3. The lowest BCUT2D eigenvalue weighted by Gasteiger charge is -2.26. The monoisotopic (exact) mass is 669 g/mol. The topological polar surface area (TPSA) is 150 Å². The molecule has 0 aromatic heterocycles. The van der Waals surface area contributed by atoms with Crippen molar-refractivity contribution in [3.63, 3.8) is 0 Å². The van der Waals surface area contributed by atoms with E-state index in [9.17, 15) is 21.6 Å². The quantitative estimate of drug-likeness (QED) is 0.201. The van der Waals surface area contributed by atoms with E-state index in [0.717, 1.165) is 15.4 Å². The number of nitrogens with zero attached hydrogens (tertiary/aromatic N) is 1. The van der Waals surface area contributed by atoms with Crippen LogP contribution >= 0.6 is 0 Å². The summed E-state index contributed by atoms with van der Waals surface area (Å²) in [5.41, 5.74) is 2.68. The summed E-state index contributed by atoms with van der Waals surface area (Å²) < 4.78 is 78.8. The number of amides is 1. The lowest BCUT2D eigenvalue weighted by molar-refractivity contribution is -0.114. The zero-order valence-corrected chi connectivity index (χ0v) is 27.8. The predicted octanol–water partition coefficient (Wildman–Crippen LogP) is 4.97. The molecule has 2 N–H and O–H groups in total. The molecule has 0 unspecified atom stereocenters. The number of carbonyl (C=O) groups is 1. The minimum atomic E-state index is -4.40. The number of anilines is 3. The van der Waals surface area contributed by atoms with Crippen molar-refractivity contribution in [2.45, 2.75) is 23.6 Å². The van der Waals surface area contributed by atoms with Gasteiger partial charge in [-0.15, -0.1) is 0 Å². The molecule has 46 heavy (non-hydrogen) atoms. The van der Waals surface area contributed by atoms with E-state index in [4.69, 9.17) is 18.9 Å². The van der Waals surface area contributed by atoms with Crippen LogP contribution in [0.4, 0.5) is 17.1 Å². The molecule has 0 aliphatic carbocycles. The van der Waals surface area contributed by atoms with Crippen LogP contribution in [0.25, 0.3) is 0 Å². The van der Waals surface area contributed by atoms with Gasteiger partial charge in [0.2, 0.25) is 5.91 Å². The van der Waals surface area contributed by atoms with E-state index < -0.39 is 32.5 Å². The molecule has 0 radical (unpaired) electrons. The lowest BCUT2D eigenvalue weighted by atomic mass is 10.1. The second-order valence-corrected chi connectivity index (χ2v) is 13.6. The van der Waals surface area contributed by atoms with Crippen LogP contribution in [-0.2, 0) is 24.8 Å². The highest BCUT2D eigenvalue weighted by Gasteiger charge is 2.31. The zero-order valence-electron chi connectivity index (χ0n) is 26.2. The van der Waals surface area contributed by atoms with Gasteiger partial charge in [0, 0.05) is 23.5 Å². The Morgan fingerprint density at radius 3 is 1.87 bits per heavy atom. The van der Waals surface area contributed by atoms with Gasteiger partial charge in [-0.3, -0.25) is 13.8 Å². The third-order valence-electron chi connectivity index (χ3n) is 7.09. The van der Waals surface area contributed by atoms with Gasteiger partial charge < -0.3 is 24.3 Å². The van der Waals surface area contributed by atoms with Crippen molar-refractivity contribution < 1.29 is 40.6 Å². The number of methoxy groups -OCH3 is 4. The largest absolute Gasteiger partial charge is 0.497 e. The number of ether oxygens (including phenoxy) is 4. The summed E-state index contributed by atoms with van der Waals surface area (Å²) in [6.07, 6.45) is 0. The number of carbonyl (C=O) groups excluding carboxylic acids is 1. The second kappa shape index (κ2) is 14.0. The van der Waals surface area contributed by atoms with Crippen LogP contribution in [0.3, 0.4) is 0 Å². The van der Waals surface area contributed by atoms with Gasteiger partial charge in [-0.2, -0.15) is 0 Å². The van der Waals surface area contributed by atoms with Gasteiger partial charge in [0.05, 0.1) is 43.9 Å². The third kappa shape index (κ3) is 7.46.